The van der Waals surface area contributed by atoms with Gasteiger partial charge in [0.2, 0.25) is 0 Å². The molecular formula is C17H27NO2S. The van der Waals surface area contributed by atoms with Crippen LogP contribution < -0.4 is 0 Å². The Morgan fingerprint density at radius 3 is 2.19 bits per heavy atom. The van der Waals surface area contributed by atoms with Gasteiger partial charge in [0.25, 0.3) is 0 Å². The van der Waals surface area contributed by atoms with Crippen molar-refractivity contribution in [2.24, 2.45) is 23.7 Å². The van der Waals surface area contributed by atoms with Crippen molar-refractivity contribution in [3.8, 4) is 0 Å². The third kappa shape index (κ3) is 2.29. The van der Waals surface area contributed by atoms with Crippen LogP contribution >= 0.6 is 11.8 Å². The lowest BCUT2D eigenvalue weighted by Gasteiger charge is -2.60. The van der Waals surface area contributed by atoms with Crippen molar-refractivity contribution in [1.29, 1.82) is 0 Å². The minimum absolute atomic E-state index is 0.0235. The molecule has 1 aliphatic heterocycles. The molecule has 0 radical (unpaired) electrons. The fourth-order valence-electron chi connectivity index (χ4n) is 5.77. The largest absolute Gasteiger partial charge is 0.442 e. The summed E-state index contributed by atoms with van der Waals surface area (Å²) in [6.45, 7) is 3.97. The van der Waals surface area contributed by atoms with Crippen molar-refractivity contribution < 1.29 is 9.53 Å². The molecule has 1 amide bonds. The van der Waals surface area contributed by atoms with Crippen LogP contribution in [0.15, 0.2) is 0 Å². The standard InChI is InChI=1S/C17H27NO2S/c1-2-17(20-16(19)18-3-5-21-6-4-18)14-8-12-7-13(10-14)11-15(17)9-12/h12-15H,2-11H2,1H3. The third-order valence-corrected chi connectivity index (χ3v) is 7.56. The Hall–Kier alpha value is -0.380. The van der Waals surface area contributed by atoms with Gasteiger partial charge < -0.3 is 9.64 Å². The molecule has 118 valence electrons. The zero-order valence-electron chi connectivity index (χ0n) is 13.1. The van der Waals surface area contributed by atoms with E-state index in [4.69, 9.17) is 4.74 Å². The fourth-order valence-corrected chi connectivity index (χ4v) is 6.67. The normalized spacial score (nSPS) is 44.9. The molecule has 4 saturated carbocycles. The van der Waals surface area contributed by atoms with Crippen LogP contribution in [0.4, 0.5) is 4.79 Å². The molecule has 5 aliphatic rings. The average Bonchev–Trinajstić information content (AvgIpc) is 2.51. The minimum Gasteiger partial charge on any atom is -0.442 e. The highest BCUT2D eigenvalue weighted by atomic mass is 32.2. The quantitative estimate of drug-likeness (QED) is 0.777. The van der Waals surface area contributed by atoms with Crippen LogP contribution in [0.5, 0.6) is 0 Å². The van der Waals surface area contributed by atoms with E-state index >= 15 is 0 Å². The highest BCUT2D eigenvalue weighted by molar-refractivity contribution is 7.99. The molecule has 0 atom stereocenters. The number of carbonyl (C=O) groups is 1. The maximum atomic E-state index is 12.6. The SMILES string of the molecule is CCC1(OC(=O)N2CCSCC2)C2CC3CC(C2)CC1C3. The van der Waals surface area contributed by atoms with Crippen molar-refractivity contribution in [2.75, 3.05) is 24.6 Å². The second-order valence-corrected chi connectivity index (χ2v) is 8.81. The zero-order valence-corrected chi connectivity index (χ0v) is 13.9. The average molecular weight is 309 g/mol. The Morgan fingerprint density at radius 1 is 1.10 bits per heavy atom. The molecular weight excluding hydrogens is 282 g/mol. The van der Waals surface area contributed by atoms with E-state index in [9.17, 15) is 4.79 Å². The Bertz CT molecular complexity index is 391. The first-order chi connectivity index (χ1) is 10.2. The molecule has 0 spiro atoms. The number of ether oxygens (including phenoxy) is 1. The molecule has 5 rings (SSSR count). The Kier molecular flexibility index (Phi) is 3.63. The number of nitrogens with zero attached hydrogens (tertiary/aromatic N) is 1. The van der Waals surface area contributed by atoms with Crippen LogP contribution in [0.1, 0.15) is 45.4 Å². The van der Waals surface area contributed by atoms with Crippen LogP contribution in [0.25, 0.3) is 0 Å². The summed E-state index contributed by atoms with van der Waals surface area (Å²) in [6, 6.07) is 0. The molecule has 0 N–H and O–H groups in total. The molecule has 4 aliphatic carbocycles. The molecule has 1 heterocycles. The molecule has 0 aromatic rings. The minimum atomic E-state index is -0.130. The Labute approximate surface area is 132 Å². The number of rotatable bonds is 2. The molecule has 0 aromatic carbocycles. The Balaban J connectivity index is 1.52. The maximum absolute atomic E-state index is 12.6. The van der Waals surface area contributed by atoms with Crippen molar-refractivity contribution in [3.05, 3.63) is 0 Å². The Morgan fingerprint density at radius 2 is 1.67 bits per heavy atom. The van der Waals surface area contributed by atoms with Gasteiger partial charge in [-0.2, -0.15) is 11.8 Å². The van der Waals surface area contributed by atoms with Gasteiger partial charge >= 0.3 is 6.09 Å². The highest BCUT2D eigenvalue weighted by Gasteiger charge is 2.58. The summed E-state index contributed by atoms with van der Waals surface area (Å²) < 4.78 is 6.28. The van der Waals surface area contributed by atoms with E-state index in [1.807, 2.05) is 16.7 Å². The van der Waals surface area contributed by atoms with E-state index in [0.29, 0.717) is 11.8 Å². The van der Waals surface area contributed by atoms with Gasteiger partial charge in [-0.1, -0.05) is 6.92 Å². The van der Waals surface area contributed by atoms with Crippen molar-refractivity contribution in [1.82, 2.24) is 4.90 Å². The van der Waals surface area contributed by atoms with E-state index in [1.165, 1.54) is 32.1 Å². The molecule has 5 fully saturated rings. The highest BCUT2D eigenvalue weighted by Crippen LogP contribution is 2.60. The van der Waals surface area contributed by atoms with Crippen LogP contribution in [-0.4, -0.2) is 41.2 Å². The first kappa shape index (κ1) is 14.2. The predicted octanol–water partition coefficient (Wildman–Crippen LogP) is 3.78. The van der Waals surface area contributed by atoms with Crippen molar-refractivity contribution in [2.45, 2.75) is 51.0 Å². The maximum Gasteiger partial charge on any atom is 0.410 e. The summed E-state index contributed by atoms with van der Waals surface area (Å²) >= 11 is 1.94. The van der Waals surface area contributed by atoms with Gasteiger partial charge in [0.1, 0.15) is 5.60 Å². The number of carbonyl (C=O) groups excluding carboxylic acids is 1. The van der Waals surface area contributed by atoms with Gasteiger partial charge in [-0.05, 0) is 62.2 Å². The second kappa shape index (κ2) is 5.36. The van der Waals surface area contributed by atoms with Crippen molar-refractivity contribution in [3.63, 3.8) is 0 Å². The van der Waals surface area contributed by atoms with Crippen LogP contribution in [0, 0.1) is 23.7 Å². The summed E-state index contributed by atoms with van der Waals surface area (Å²) in [4.78, 5) is 14.6. The number of hydrogen-bond acceptors (Lipinski definition) is 3. The van der Waals surface area contributed by atoms with E-state index in [2.05, 4.69) is 6.92 Å². The van der Waals surface area contributed by atoms with E-state index in [0.717, 1.165) is 42.9 Å². The summed E-state index contributed by atoms with van der Waals surface area (Å²) in [7, 11) is 0. The molecule has 0 aromatic heterocycles. The molecule has 0 unspecified atom stereocenters. The van der Waals surface area contributed by atoms with Gasteiger partial charge in [-0.25, -0.2) is 4.79 Å². The van der Waals surface area contributed by atoms with Gasteiger partial charge in [0, 0.05) is 24.6 Å². The zero-order chi connectivity index (χ0) is 14.4. The summed E-state index contributed by atoms with van der Waals surface area (Å²) in [5.74, 6) is 5.26. The summed E-state index contributed by atoms with van der Waals surface area (Å²) in [5, 5.41) is 0. The number of amides is 1. The van der Waals surface area contributed by atoms with Crippen molar-refractivity contribution >= 4 is 17.9 Å². The topological polar surface area (TPSA) is 29.5 Å². The molecule has 4 heteroatoms. The van der Waals surface area contributed by atoms with E-state index in [1.54, 1.807) is 0 Å². The smallest absolute Gasteiger partial charge is 0.410 e. The van der Waals surface area contributed by atoms with Gasteiger partial charge in [-0.3, -0.25) is 0 Å². The van der Waals surface area contributed by atoms with Crippen LogP contribution in [0.3, 0.4) is 0 Å². The monoisotopic (exact) mass is 309 g/mol. The van der Waals surface area contributed by atoms with Gasteiger partial charge in [0.15, 0.2) is 0 Å². The summed E-state index contributed by atoms with van der Waals surface area (Å²) in [6.07, 6.45) is 7.67. The third-order valence-electron chi connectivity index (χ3n) is 6.62. The number of hydrogen-bond donors (Lipinski definition) is 0. The van der Waals surface area contributed by atoms with Crippen LogP contribution in [0.2, 0.25) is 0 Å². The molecule has 4 bridgehead atoms. The van der Waals surface area contributed by atoms with Crippen LogP contribution in [-0.2, 0) is 4.74 Å². The molecule has 21 heavy (non-hydrogen) atoms. The van der Waals surface area contributed by atoms with E-state index in [-0.39, 0.29) is 11.7 Å². The number of thioether (sulfide) groups is 1. The lowest BCUT2D eigenvalue weighted by molar-refractivity contribution is -0.179. The molecule has 3 nitrogen and oxygen atoms in total. The molecule has 1 saturated heterocycles. The van der Waals surface area contributed by atoms with E-state index < -0.39 is 0 Å². The van der Waals surface area contributed by atoms with Gasteiger partial charge in [-0.15, -0.1) is 0 Å². The first-order valence-electron chi connectivity index (χ1n) is 8.77. The first-order valence-corrected chi connectivity index (χ1v) is 9.92. The second-order valence-electron chi connectivity index (χ2n) is 7.58. The lowest BCUT2D eigenvalue weighted by Crippen LogP contribution is -2.60. The fraction of sp³-hybridized carbons (Fsp3) is 0.941. The summed E-state index contributed by atoms with van der Waals surface area (Å²) in [5.41, 5.74) is -0.130. The lowest BCUT2D eigenvalue weighted by atomic mass is 9.49. The van der Waals surface area contributed by atoms with Gasteiger partial charge in [0.05, 0.1) is 0 Å². The predicted molar refractivity (Wildman–Crippen MR) is 85.4 cm³/mol.